The van der Waals surface area contributed by atoms with Crippen LogP contribution in [0.4, 0.5) is 5.13 Å². The SMILES string of the molecule is CC(O)C1CCN(c2nc3ccccc3s2)C1. The lowest BCUT2D eigenvalue weighted by Gasteiger charge is -2.16. The van der Waals surface area contributed by atoms with E-state index < -0.39 is 0 Å². The van der Waals surface area contributed by atoms with E-state index >= 15 is 0 Å². The zero-order chi connectivity index (χ0) is 11.8. The Balaban J connectivity index is 1.85. The fourth-order valence-electron chi connectivity index (χ4n) is 2.35. The van der Waals surface area contributed by atoms with E-state index in [9.17, 15) is 5.11 Å². The van der Waals surface area contributed by atoms with Crippen molar-refractivity contribution < 1.29 is 5.11 Å². The number of para-hydroxylation sites is 1. The summed E-state index contributed by atoms with van der Waals surface area (Å²) in [5.41, 5.74) is 1.08. The highest BCUT2D eigenvalue weighted by Gasteiger charge is 2.27. The van der Waals surface area contributed by atoms with Gasteiger partial charge in [-0.3, -0.25) is 0 Å². The Kier molecular flexibility index (Phi) is 2.76. The molecule has 1 fully saturated rings. The molecule has 1 saturated heterocycles. The summed E-state index contributed by atoms with van der Waals surface area (Å²) in [6, 6.07) is 8.23. The molecule has 0 amide bonds. The summed E-state index contributed by atoms with van der Waals surface area (Å²) < 4.78 is 1.24. The highest BCUT2D eigenvalue weighted by Crippen LogP contribution is 2.32. The largest absolute Gasteiger partial charge is 0.393 e. The number of aliphatic hydroxyl groups excluding tert-OH is 1. The molecule has 2 atom stereocenters. The molecular formula is C13H16N2OS. The van der Waals surface area contributed by atoms with Crippen molar-refractivity contribution in [2.24, 2.45) is 5.92 Å². The second-order valence-electron chi connectivity index (χ2n) is 4.70. The first kappa shape index (κ1) is 11.0. The van der Waals surface area contributed by atoms with E-state index in [-0.39, 0.29) is 6.10 Å². The second-order valence-corrected chi connectivity index (χ2v) is 5.71. The van der Waals surface area contributed by atoms with Gasteiger partial charge in [0.25, 0.3) is 0 Å². The highest BCUT2D eigenvalue weighted by atomic mass is 32.1. The quantitative estimate of drug-likeness (QED) is 0.887. The first-order chi connectivity index (χ1) is 8.24. The van der Waals surface area contributed by atoms with Crippen molar-refractivity contribution in [1.82, 2.24) is 4.98 Å². The fourth-order valence-corrected chi connectivity index (χ4v) is 3.35. The van der Waals surface area contributed by atoms with Crippen molar-refractivity contribution in [2.75, 3.05) is 18.0 Å². The number of anilines is 1. The maximum Gasteiger partial charge on any atom is 0.186 e. The number of aromatic nitrogens is 1. The van der Waals surface area contributed by atoms with Crippen LogP contribution >= 0.6 is 11.3 Å². The van der Waals surface area contributed by atoms with Gasteiger partial charge in [-0.25, -0.2) is 4.98 Å². The smallest absolute Gasteiger partial charge is 0.186 e. The molecule has 90 valence electrons. The topological polar surface area (TPSA) is 36.4 Å². The van der Waals surface area contributed by atoms with Gasteiger partial charge in [-0.2, -0.15) is 0 Å². The third-order valence-electron chi connectivity index (χ3n) is 3.46. The van der Waals surface area contributed by atoms with Gasteiger partial charge in [0, 0.05) is 19.0 Å². The Labute approximate surface area is 105 Å². The van der Waals surface area contributed by atoms with Crippen LogP contribution in [0.3, 0.4) is 0 Å². The van der Waals surface area contributed by atoms with E-state index in [0.29, 0.717) is 5.92 Å². The Morgan fingerprint density at radius 3 is 3.00 bits per heavy atom. The minimum absolute atomic E-state index is 0.214. The van der Waals surface area contributed by atoms with Gasteiger partial charge in [-0.1, -0.05) is 23.5 Å². The van der Waals surface area contributed by atoms with Crippen molar-refractivity contribution in [3.8, 4) is 0 Å². The predicted molar refractivity (Wildman–Crippen MR) is 71.6 cm³/mol. The van der Waals surface area contributed by atoms with E-state index in [4.69, 9.17) is 0 Å². The van der Waals surface area contributed by atoms with Gasteiger partial charge in [0.2, 0.25) is 0 Å². The molecule has 2 unspecified atom stereocenters. The Morgan fingerprint density at radius 1 is 1.47 bits per heavy atom. The van der Waals surface area contributed by atoms with Crippen LogP contribution in [0.5, 0.6) is 0 Å². The summed E-state index contributed by atoms with van der Waals surface area (Å²) in [7, 11) is 0. The summed E-state index contributed by atoms with van der Waals surface area (Å²) >= 11 is 1.74. The van der Waals surface area contributed by atoms with Gasteiger partial charge in [0.05, 0.1) is 16.3 Å². The Morgan fingerprint density at radius 2 is 2.29 bits per heavy atom. The molecule has 1 aliphatic heterocycles. The fraction of sp³-hybridized carbons (Fsp3) is 0.462. The molecular weight excluding hydrogens is 232 g/mol. The standard InChI is InChI=1S/C13H16N2OS/c1-9(16)10-6-7-15(8-10)13-14-11-4-2-3-5-12(11)17-13/h2-5,9-10,16H,6-8H2,1H3. The summed E-state index contributed by atoms with van der Waals surface area (Å²) in [5, 5.41) is 10.7. The summed E-state index contributed by atoms with van der Waals surface area (Å²) in [5.74, 6) is 0.391. The molecule has 1 N–H and O–H groups in total. The van der Waals surface area contributed by atoms with Crippen LogP contribution < -0.4 is 4.90 Å². The monoisotopic (exact) mass is 248 g/mol. The molecule has 1 aromatic carbocycles. The molecule has 3 rings (SSSR count). The first-order valence-corrected chi connectivity index (χ1v) is 6.84. The van der Waals surface area contributed by atoms with Crippen LogP contribution in [-0.2, 0) is 0 Å². The Bertz CT molecular complexity index is 490. The van der Waals surface area contributed by atoms with Gasteiger partial charge in [-0.15, -0.1) is 0 Å². The van der Waals surface area contributed by atoms with Crippen molar-refractivity contribution in [1.29, 1.82) is 0 Å². The zero-order valence-electron chi connectivity index (χ0n) is 9.84. The van der Waals surface area contributed by atoms with Crippen molar-refractivity contribution in [3.05, 3.63) is 24.3 Å². The lowest BCUT2D eigenvalue weighted by Crippen LogP contribution is -2.23. The molecule has 3 nitrogen and oxygen atoms in total. The molecule has 2 heterocycles. The predicted octanol–water partition coefficient (Wildman–Crippen LogP) is 2.50. The van der Waals surface area contributed by atoms with Crippen LogP contribution in [0.25, 0.3) is 10.2 Å². The third-order valence-corrected chi connectivity index (χ3v) is 4.56. The van der Waals surface area contributed by atoms with Crippen LogP contribution in [0.2, 0.25) is 0 Å². The molecule has 1 aromatic heterocycles. The molecule has 4 heteroatoms. The van der Waals surface area contributed by atoms with Crippen LogP contribution in [0, 0.1) is 5.92 Å². The van der Waals surface area contributed by atoms with Gasteiger partial charge >= 0.3 is 0 Å². The average molecular weight is 248 g/mol. The maximum absolute atomic E-state index is 9.61. The molecule has 0 spiro atoms. The third kappa shape index (κ3) is 2.03. The van der Waals surface area contributed by atoms with Gasteiger partial charge in [0.15, 0.2) is 5.13 Å². The summed E-state index contributed by atoms with van der Waals surface area (Å²) in [4.78, 5) is 6.95. The molecule has 0 radical (unpaired) electrons. The van der Waals surface area contributed by atoms with Gasteiger partial charge in [0.1, 0.15) is 0 Å². The number of hydrogen-bond donors (Lipinski definition) is 1. The minimum atomic E-state index is -0.214. The lowest BCUT2D eigenvalue weighted by atomic mass is 10.0. The number of fused-ring (bicyclic) bond motifs is 1. The molecule has 0 bridgehead atoms. The normalized spacial score (nSPS) is 22.2. The van der Waals surface area contributed by atoms with E-state index in [1.165, 1.54) is 4.70 Å². The van der Waals surface area contributed by atoms with Crippen LogP contribution in [0.15, 0.2) is 24.3 Å². The highest BCUT2D eigenvalue weighted by molar-refractivity contribution is 7.22. The van der Waals surface area contributed by atoms with E-state index in [2.05, 4.69) is 22.0 Å². The molecule has 17 heavy (non-hydrogen) atoms. The summed E-state index contributed by atoms with van der Waals surface area (Å²) in [6.45, 7) is 3.82. The zero-order valence-corrected chi connectivity index (χ0v) is 10.7. The average Bonchev–Trinajstić information content (AvgIpc) is 2.95. The number of nitrogens with zero attached hydrogens (tertiary/aromatic N) is 2. The van der Waals surface area contributed by atoms with Gasteiger partial charge < -0.3 is 10.0 Å². The lowest BCUT2D eigenvalue weighted by molar-refractivity contribution is 0.136. The van der Waals surface area contributed by atoms with E-state index in [0.717, 1.165) is 30.2 Å². The van der Waals surface area contributed by atoms with E-state index in [1.807, 2.05) is 19.1 Å². The molecule has 0 saturated carbocycles. The number of hydrogen-bond acceptors (Lipinski definition) is 4. The second kappa shape index (κ2) is 4.27. The maximum atomic E-state index is 9.61. The molecule has 1 aliphatic rings. The van der Waals surface area contributed by atoms with Crippen molar-refractivity contribution >= 4 is 26.7 Å². The van der Waals surface area contributed by atoms with Crippen LogP contribution in [0.1, 0.15) is 13.3 Å². The molecule has 0 aliphatic carbocycles. The van der Waals surface area contributed by atoms with Crippen LogP contribution in [-0.4, -0.2) is 29.3 Å². The van der Waals surface area contributed by atoms with E-state index in [1.54, 1.807) is 11.3 Å². The molecule has 2 aromatic rings. The minimum Gasteiger partial charge on any atom is -0.393 e. The summed E-state index contributed by atoms with van der Waals surface area (Å²) in [6.07, 6.45) is 0.850. The van der Waals surface area contributed by atoms with Crippen molar-refractivity contribution in [2.45, 2.75) is 19.4 Å². The number of thiazole rings is 1. The number of benzene rings is 1. The van der Waals surface area contributed by atoms with Crippen molar-refractivity contribution in [3.63, 3.8) is 0 Å². The number of rotatable bonds is 2. The van der Waals surface area contributed by atoms with Gasteiger partial charge in [-0.05, 0) is 25.5 Å². The number of aliphatic hydroxyl groups is 1. The first-order valence-electron chi connectivity index (χ1n) is 6.02. The Hall–Kier alpha value is -1.13.